The minimum Gasteiger partial charge on any atom is -0.507 e. The lowest BCUT2D eigenvalue weighted by atomic mass is 9.95. The third-order valence-corrected chi connectivity index (χ3v) is 5.26. The Morgan fingerprint density at radius 1 is 1.03 bits per heavy atom. The number of likely N-dealkylation sites (tertiary alicyclic amines) is 1. The fraction of sp³-hybridized carbons (Fsp3) is 0.360. The lowest BCUT2D eigenvalue weighted by molar-refractivity contribution is -0.140. The molecule has 0 spiro atoms. The zero-order valence-corrected chi connectivity index (χ0v) is 19.2. The lowest BCUT2D eigenvalue weighted by Crippen LogP contribution is -2.35. The van der Waals surface area contributed by atoms with Crippen molar-refractivity contribution in [3.63, 3.8) is 0 Å². The number of likely N-dealkylation sites (N-methyl/N-ethyl adjacent to an activating group) is 1. The average molecular weight is 439 g/mol. The van der Waals surface area contributed by atoms with E-state index in [1.807, 2.05) is 45.0 Å². The number of hydrogen-bond donors (Lipinski definition) is 1. The highest BCUT2D eigenvalue weighted by Crippen LogP contribution is 2.39. The molecule has 1 N–H and O–H groups in total. The molecular formula is C25H30N2O5. The Bertz CT molecular complexity index is 994. The normalized spacial score (nSPS) is 18.0. The van der Waals surface area contributed by atoms with Crippen molar-refractivity contribution in [3.05, 3.63) is 65.2 Å². The van der Waals surface area contributed by atoms with Crippen LogP contribution in [0.2, 0.25) is 0 Å². The Balaban J connectivity index is 2.06. The maximum Gasteiger partial charge on any atom is 0.295 e. The maximum absolute atomic E-state index is 13.0. The Morgan fingerprint density at radius 2 is 1.62 bits per heavy atom. The summed E-state index contributed by atoms with van der Waals surface area (Å²) in [4.78, 5) is 29.4. The highest BCUT2D eigenvalue weighted by atomic mass is 16.5. The molecule has 0 radical (unpaired) electrons. The molecule has 0 saturated carbocycles. The third kappa shape index (κ3) is 4.94. The number of hydrogen-bond acceptors (Lipinski definition) is 6. The summed E-state index contributed by atoms with van der Waals surface area (Å²) in [6.45, 7) is 4.79. The summed E-state index contributed by atoms with van der Waals surface area (Å²) < 4.78 is 10.9. The van der Waals surface area contributed by atoms with Gasteiger partial charge in [0.25, 0.3) is 11.7 Å². The van der Waals surface area contributed by atoms with Crippen LogP contribution < -0.4 is 9.47 Å². The Labute approximate surface area is 188 Å². The Hall–Kier alpha value is -3.32. The largest absolute Gasteiger partial charge is 0.507 e. The van der Waals surface area contributed by atoms with Crippen molar-refractivity contribution in [3.8, 4) is 11.5 Å². The first-order valence-corrected chi connectivity index (χ1v) is 10.6. The van der Waals surface area contributed by atoms with Crippen LogP contribution in [0.4, 0.5) is 0 Å². The van der Waals surface area contributed by atoms with E-state index in [2.05, 4.69) is 0 Å². The number of rotatable bonds is 8. The van der Waals surface area contributed by atoms with Gasteiger partial charge in [-0.1, -0.05) is 12.1 Å². The number of benzene rings is 2. The van der Waals surface area contributed by atoms with Crippen molar-refractivity contribution >= 4 is 17.4 Å². The molecule has 1 heterocycles. The quantitative estimate of drug-likeness (QED) is 0.386. The first kappa shape index (κ1) is 23.3. The van der Waals surface area contributed by atoms with Crippen molar-refractivity contribution < 1.29 is 24.2 Å². The van der Waals surface area contributed by atoms with Gasteiger partial charge in [-0.3, -0.25) is 9.59 Å². The molecule has 170 valence electrons. The third-order valence-electron chi connectivity index (χ3n) is 5.26. The second kappa shape index (κ2) is 9.87. The molecule has 3 rings (SSSR count). The van der Waals surface area contributed by atoms with Crippen LogP contribution in [0, 0.1) is 0 Å². The summed E-state index contributed by atoms with van der Waals surface area (Å²) in [5.74, 6) is -0.180. The molecule has 1 unspecified atom stereocenters. The number of aliphatic hydroxyl groups is 1. The van der Waals surface area contributed by atoms with Gasteiger partial charge >= 0.3 is 0 Å². The molecule has 0 aromatic heterocycles. The molecule has 1 fully saturated rings. The number of amides is 1. The zero-order chi connectivity index (χ0) is 23.4. The van der Waals surface area contributed by atoms with Gasteiger partial charge in [0, 0.05) is 18.7 Å². The van der Waals surface area contributed by atoms with E-state index in [0.717, 1.165) is 5.56 Å². The van der Waals surface area contributed by atoms with E-state index in [-0.39, 0.29) is 17.4 Å². The van der Waals surface area contributed by atoms with Crippen molar-refractivity contribution in [1.29, 1.82) is 0 Å². The summed E-state index contributed by atoms with van der Waals surface area (Å²) in [6.07, 6.45) is 0.0199. The number of nitrogens with zero attached hydrogens (tertiary/aromatic N) is 2. The Kier molecular flexibility index (Phi) is 7.20. The van der Waals surface area contributed by atoms with E-state index in [4.69, 9.17) is 9.47 Å². The van der Waals surface area contributed by atoms with Gasteiger partial charge in [0.1, 0.15) is 17.3 Å². The van der Waals surface area contributed by atoms with Crippen LogP contribution in [0.5, 0.6) is 11.5 Å². The highest BCUT2D eigenvalue weighted by molar-refractivity contribution is 6.46. The van der Waals surface area contributed by atoms with Crippen LogP contribution in [0.3, 0.4) is 0 Å². The van der Waals surface area contributed by atoms with E-state index in [9.17, 15) is 14.7 Å². The molecule has 1 saturated heterocycles. The first-order valence-electron chi connectivity index (χ1n) is 10.6. The molecule has 32 heavy (non-hydrogen) atoms. The molecule has 2 aromatic carbocycles. The number of carbonyl (C=O) groups is 2. The van der Waals surface area contributed by atoms with Crippen molar-refractivity contribution in [2.45, 2.75) is 26.0 Å². The van der Waals surface area contributed by atoms with E-state index in [1.165, 1.54) is 4.90 Å². The molecule has 1 amide bonds. The predicted molar refractivity (Wildman–Crippen MR) is 123 cm³/mol. The van der Waals surface area contributed by atoms with Gasteiger partial charge in [0.15, 0.2) is 0 Å². The molecular weight excluding hydrogens is 408 g/mol. The highest BCUT2D eigenvalue weighted by Gasteiger charge is 2.45. The summed E-state index contributed by atoms with van der Waals surface area (Å²) in [5.41, 5.74) is 1.26. The van der Waals surface area contributed by atoms with Gasteiger partial charge in [0.2, 0.25) is 0 Å². The monoisotopic (exact) mass is 438 g/mol. The molecule has 0 bridgehead atoms. The van der Waals surface area contributed by atoms with Gasteiger partial charge in [-0.2, -0.15) is 0 Å². The first-order chi connectivity index (χ1) is 15.2. The van der Waals surface area contributed by atoms with E-state index in [0.29, 0.717) is 30.2 Å². The van der Waals surface area contributed by atoms with E-state index in [1.54, 1.807) is 43.5 Å². The molecule has 0 aliphatic carbocycles. The van der Waals surface area contributed by atoms with Gasteiger partial charge in [-0.25, -0.2) is 0 Å². The van der Waals surface area contributed by atoms with Crippen molar-refractivity contribution in [1.82, 2.24) is 9.80 Å². The molecule has 1 atom stereocenters. The summed E-state index contributed by atoms with van der Waals surface area (Å²) in [5, 5.41) is 11.1. The van der Waals surface area contributed by atoms with Gasteiger partial charge in [-0.15, -0.1) is 0 Å². The second-order valence-electron chi connectivity index (χ2n) is 8.26. The Morgan fingerprint density at radius 3 is 2.16 bits per heavy atom. The molecule has 7 nitrogen and oxygen atoms in total. The number of ether oxygens (including phenoxy) is 2. The molecule has 2 aromatic rings. The van der Waals surface area contributed by atoms with Crippen molar-refractivity contribution in [2.24, 2.45) is 0 Å². The van der Waals surface area contributed by atoms with Crippen LogP contribution in [-0.2, 0) is 9.59 Å². The van der Waals surface area contributed by atoms with Crippen LogP contribution in [0.15, 0.2) is 54.1 Å². The minimum atomic E-state index is -0.690. The summed E-state index contributed by atoms with van der Waals surface area (Å²) in [6, 6.07) is 13.3. The van der Waals surface area contributed by atoms with Gasteiger partial charge in [-0.05, 0) is 69.9 Å². The SMILES string of the molecule is COc1ccc(C2/C(=C(/O)c3ccc(OC(C)C)cc3)C(=O)C(=O)N2CCN(C)C)cc1. The summed E-state index contributed by atoms with van der Waals surface area (Å²) in [7, 11) is 5.38. The van der Waals surface area contributed by atoms with E-state index < -0.39 is 17.7 Å². The minimum absolute atomic E-state index is 0.0199. The number of aliphatic hydroxyl groups excluding tert-OH is 1. The smallest absolute Gasteiger partial charge is 0.295 e. The second-order valence-corrected chi connectivity index (χ2v) is 8.26. The van der Waals surface area contributed by atoms with Crippen LogP contribution in [0.1, 0.15) is 31.0 Å². The number of methoxy groups -OCH3 is 1. The van der Waals surface area contributed by atoms with E-state index >= 15 is 0 Å². The maximum atomic E-state index is 13.0. The molecule has 1 aliphatic heterocycles. The van der Waals surface area contributed by atoms with Crippen LogP contribution >= 0.6 is 0 Å². The van der Waals surface area contributed by atoms with Gasteiger partial charge in [0.05, 0.1) is 24.8 Å². The molecule has 1 aliphatic rings. The fourth-order valence-corrected chi connectivity index (χ4v) is 3.67. The van der Waals surface area contributed by atoms with Gasteiger partial charge < -0.3 is 24.4 Å². The number of Topliss-reactive ketones (excluding diaryl/α,β-unsaturated/α-hetero) is 1. The number of carbonyl (C=O) groups excluding carboxylic acids is 2. The topological polar surface area (TPSA) is 79.3 Å². The predicted octanol–water partition coefficient (Wildman–Crippen LogP) is 3.47. The van der Waals surface area contributed by atoms with Crippen LogP contribution in [-0.4, -0.2) is 67.0 Å². The fourth-order valence-electron chi connectivity index (χ4n) is 3.67. The molecule has 7 heteroatoms. The summed E-state index contributed by atoms with van der Waals surface area (Å²) >= 11 is 0. The van der Waals surface area contributed by atoms with Crippen LogP contribution in [0.25, 0.3) is 5.76 Å². The zero-order valence-electron chi connectivity index (χ0n) is 19.2. The number of ketones is 1. The average Bonchev–Trinajstić information content (AvgIpc) is 3.02. The van der Waals surface area contributed by atoms with Crippen molar-refractivity contribution in [2.75, 3.05) is 34.3 Å². The lowest BCUT2D eigenvalue weighted by Gasteiger charge is -2.26. The standard InChI is InChI=1S/C25H30N2O5/c1-16(2)32-20-12-8-18(9-13-20)23(28)21-22(17-6-10-19(31-5)11-7-17)27(15-14-26(3)4)25(30)24(21)29/h6-13,16,22,28H,14-15H2,1-5H3/b23-21-.